The van der Waals surface area contributed by atoms with Crippen LogP contribution in [0.1, 0.15) is 41.3 Å². The Morgan fingerprint density at radius 3 is 2.56 bits per heavy atom. The van der Waals surface area contributed by atoms with Gasteiger partial charge in [-0.2, -0.15) is 0 Å². The lowest BCUT2D eigenvalue weighted by Gasteiger charge is -2.30. The Hall–Kier alpha value is -2.47. The van der Waals surface area contributed by atoms with E-state index in [1.54, 1.807) is 0 Å². The number of piperidine rings is 1. The van der Waals surface area contributed by atoms with Crippen LogP contribution in [0.25, 0.3) is 0 Å². The van der Waals surface area contributed by atoms with Crippen LogP contribution in [-0.2, 0) is 13.1 Å². The number of likely N-dealkylation sites (tertiary alicyclic amines) is 1. The fraction of sp³-hybridized carbons (Fsp3) is 0.421. The van der Waals surface area contributed by atoms with Gasteiger partial charge in [0.1, 0.15) is 0 Å². The van der Waals surface area contributed by atoms with Crippen LogP contribution in [0.4, 0.5) is 5.95 Å². The van der Waals surface area contributed by atoms with Crippen LogP contribution in [-0.4, -0.2) is 39.0 Å². The van der Waals surface area contributed by atoms with Crippen molar-refractivity contribution in [3.8, 4) is 0 Å². The zero-order valence-corrected chi connectivity index (χ0v) is 14.5. The van der Waals surface area contributed by atoms with Crippen molar-refractivity contribution >= 4 is 11.9 Å². The molecule has 0 spiro atoms. The van der Waals surface area contributed by atoms with E-state index in [2.05, 4.69) is 51.4 Å². The summed E-state index contributed by atoms with van der Waals surface area (Å²) in [6.45, 7) is 6.32. The highest BCUT2D eigenvalue weighted by molar-refractivity contribution is 5.86. The van der Waals surface area contributed by atoms with Crippen molar-refractivity contribution in [3.63, 3.8) is 0 Å². The monoisotopic (exact) mass is 340 g/mol. The van der Waals surface area contributed by atoms with Gasteiger partial charge in [0, 0.05) is 32.0 Å². The van der Waals surface area contributed by atoms with Gasteiger partial charge in [0.05, 0.1) is 5.56 Å². The maximum atomic E-state index is 10.8. The van der Waals surface area contributed by atoms with E-state index in [-0.39, 0.29) is 5.56 Å². The molecule has 1 aromatic carbocycles. The maximum Gasteiger partial charge on any atom is 0.338 e. The Bertz CT molecular complexity index is 700. The van der Waals surface area contributed by atoms with Crippen LogP contribution >= 0.6 is 0 Å². The second-order valence-electron chi connectivity index (χ2n) is 6.75. The lowest BCUT2D eigenvalue weighted by Crippen LogP contribution is -2.33. The highest BCUT2D eigenvalue weighted by Crippen LogP contribution is 2.18. The van der Waals surface area contributed by atoms with E-state index in [4.69, 9.17) is 5.11 Å². The molecule has 1 saturated heterocycles. The summed E-state index contributed by atoms with van der Waals surface area (Å²) in [7, 11) is 0. The highest BCUT2D eigenvalue weighted by atomic mass is 16.4. The molecule has 2 aromatic rings. The van der Waals surface area contributed by atoms with E-state index >= 15 is 0 Å². The SMILES string of the molecule is CC1CCCN(Cc2ccc(CNc3ncc(C(=O)O)cn3)cc2)C1. The van der Waals surface area contributed by atoms with Crippen molar-refractivity contribution in [1.82, 2.24) is 14.9 Å². The molecular formula is C19H24N4O2. The predicted molar refractivity (Wildman–Crippen MR) is 96.4 cm³/mol. The second kappa shape index (κ2) is 8.07. The smallest absolute Gasteiger partial charge is 0.338 e. The molecule has 1 aromatic heterocycles. The molecule has 0 amide bonds. The van der Waals surface area contributed by atoms with E-state index < -0.39 is 5.97 Å². The third-order valence-electron chi connectivity index (χ3n) is 4.52. The minimum absolute atomic E-state index is 0.0851. The Morgan fingerprint density at radius 2 is 1.92 bits per heavy atom. The van der Waals surface area contributed by atoms with Crippen molar-refractivity contribution in [1.29, 1.82) is 0 Å². The summed E-state index contributed by atoms with van der Waals surface area (Å²) in [5.74, 6) is 0.200. The molecular weight excluding hydrogens is 316 g/mol. The largest absolute Gasteiger partial charge is 0.478 e. The first-order valence-corrected chi connectivity index (χ1v) is 8.69. The number of carbonyl (C=O) groups is 1. The van der Waals surface area contributed by atoms with Crippen LogP contribution in [0.3, 0.4) is 0 Å². The van der Waals surface area contributed by atoms with Crippen LogP contribution in [0.2, 0.25) is 0 Å². The molecule has 1 aliphatic heterocycles. The maximum absolute atomic E-state index is 10.8. The number of nitrogens with one attached hydrogen (secondary N) is 1. The van der Waals surface area contributed by atoms with E-state index in [0.29, 0.717) is 12.5 Å². The number of carboxylic acid groups (broad SMARTS) is 1. The first-order chi connectivity index (χ1) is 12.1. The average molecular weight is 340 g/mol. The lowest BCUT2D eigenvalue weighted by atomic mass is 9.99. The van der Waals surface area contributed by atoms with Gasteiger partial charge in [0.2, 0.25) is 5.95 Å². The number of hydrogen-bond acceptors (Lipinski definition) is 5. The molecule has 2 heterocycles. The number of rotatable bonds is 6. The van der Waals surface area contributed by atoms with Gasteiger partial charge in [-0.3, -0.25) is 4.90 Å². The van der Waals surface area contributed by atoms with Gasteiger partial charge in [0.25, 0.3) is 0 Å². The van der Waals surface area contributed by atoms with Gasteiger partial charge in [-0.05, 0) is 36.4 Å². The number of hydrogen-bond donors (Lipinski definition) is 2. The zero-order valence-electron chi connectivity index (χ0n) is 14.5. The molecule has 1 aliphatic rings. The summed E-state index contributed by atoms with van der Waals surface area (Å²) in [6, 6.07) is 8.57. The molecule has 0 bridgehead atoms. The summed E-state index contributed by atoms with van der Waals surface area (Å²) < 4.78 is 0. The first kappa shape index (κ1) is 17.4. The fourth-order valence-corrected chi connectivity index (χ4v) is 3.16. The van der Waals surface area contributed by atoms with Crippen molar-refractivity contribution < 1.29 is 9.90 Å². The minimum Gasteiger partial charge on any atom is -0.478 e. The minimum atomic E-state index is -1.02. The molecule has 1 atom stereocenters. The van der Waals surface area contributed by atoms with Crippen molar-refractivity contribution in [2.45, 2.75) is 32.9 Å². The number of benzene rings is 1. The number of carboxylic acids is 1. The van der Waals surface area contributed by atoms with Crippen LogP contribution in [0, 0.1) is 5.92 Å². The summed E-state index contributed by atoms with van der Waals surface area (Å²) in [4.78, 5) is 21.3. The third-order valence-corrected chi connectivity index (χ3v) is 4.52. The first-order valence-electron chi connectivity index (χ1n) is 8.69. The molecule has 6 nitrogen and oxygen atoms in total. The molecule has 0 saturated carbocycles. The topological polar surface area (TPSA) is 78.4 Å². The number of aromatic carboxylic acids is 1. The summed E-state index contributed by atoms with van der Waals surface area (Å²) in [6.07, 6.45) is 5.25. The molecule has 3 rings (SSSR count). The van der Waals surface area contributed by atoms with Gasteiger partial charge in [0.15, 0.2) is 0 Å². The quantitative estimate of drug-likeness (QED) is 0.841. The van der Waals surface area contributed by atoms with E-state index in [9.17, 15) is 4.79 Å². The Morgan fingerprint density at radius 1 is 1.24 bits per heavy atom. The van der Waals surface area contributed by atoms with Gasteiger partial charge < -0.3 is 10.4 Å². The molecule has 0 aliphatic carbocycles. The second-order valence-corrected chi connectivity index (χ2v) is 6.75. The normalized spacial score (nSPS) is 18.0. The predicted octanol–water partition coefficient (Wildman–Crippen LogP) is 3.02. The van der Waals surface area contributed by atoms with Crippen LogP contribution in [0.15, 0.2) is 36.7 Å². The Balaban J connectivity index is 1.51. The van der Waals surface area contributed by atoms with Crippen molar-refractivity contribution in [2.75, 3.05) is 18.4 Å². The van der Waals surface area contributed by atoms with Gasteiger partial charge >= 0.3 is 5.97 Å². The van der Waals surface area contributed by atoms with Crippen molar-refractivity contribution in [3.05, 3.63) is 53.3 Å². The molecule has 132 valence electrons. The number of nitrogens with zero attached hydrogens (tertiary/aromatic N) is 3. The van der Waals surface area contributed by atoms with E-state index in [0.717, 1.165) is 18.0 Å². The van der Waals surface area contributed by atoms with Crippen LogP contribution < -0.4 is 5.32 Å². The van der Waals surface area contributed by atoms with E-state index in [1.807, 2.05) is 0 Å². The van der Waals surface area contributed by atoms with Crippen molar-refractivity contribution in [2.24, 2.45) is 5.92 Å². The summed E-state index contributed by atoms with van der Waals surface area (Å²) in [5.41, 5.74) is 2.56. The number of anilines is 1. The Labute approximate surface area is 147 Å². The average Bonchev–Trinajstić information content (AvgIpc) is 2.61. The van der Waals surface area contributed by atoms with Crippen LogP contribution in [0.5, 0.6) is 0 Å². The zero-order chi connectivity index (χ0) is 17.6. The standard InChI is InChI=1S/C19H24N4O2/c1-14-3-2-8-23(12-14)13-16-6-4-15(5-7-16)9-20-19-21-10-17(11-22-19)18(24)25/h4-7,10-11,14H,2-3,8-9,12-13H2,1H3,(H,24,25)(H,20,21,22). The highest BCUT2D eigenvalue weighted by Gasteiger charge is 2.16. The Kier molecular flexibility index (Phi) is 5.60. The summed E-state index contributed by atoms with van der Waals surface area (Å²) >= 11 is 0. The molecule has 25 heavy (non-hydrogen) atoms. The molecule has 6 heteroatoms. The molecule has 1 unspecified atom stereocenters. The van der Waals surface area contributed by atoms with Gasteiger partial charge in [-0.1, -0.05) is 31.2 Å². The van der Waals surface area contributed by atoms with Gasteiger partial charge in [-0.25, -0.2) is 14.8 Å². The van der Waals surface area contributed by atoms with E-state index in [1.165, 1.54) is 43.9 Å². The molecule has 2 N–H and O–H groups in total. The van der Waals surface area contributed by atoms with Gasteiger partial charge in [-0.15, -0.1) is 0 Å². The third kappa shape index (κ3) is 5.00. The number of aromatic nitrogens is 2. The lowest BCUT2D eigenvalue weighted by molar-refractivity contribution is 0.0696. The molecule has 1 fully saturated rings. The summed E-state index contributed by atoms with van der Waals surface area (Å²) in [5, 5.41) is 11.9. The molecule has 0 radical (unpaired) electrons. The fourth-order valence-electron chi connectivity index (χ4n) is 3.16.